The molecule has 29 heavy (non-hydrogen) atoms. The largest absolute Gasteiger partial charge is 0.573 e. The van der Waals surface area contributed by atoms with Crippen molar-refractivity contribution in [3.63, 3.8) is 0 Å². The molecule has 0 spiro atoms. The van der Waals surface area contributed by atoms with Gasteiger partial charge in [0.25, 0.3) is 5.89 Å². The number of carbonyl (C=O) groups is 1. The fraction of sp³-hybridized carbons (Fsp3) is 0.125. The van der Waals surface area contributed by atoms with E-state index in [0.717, 1.165) is 12.1 Å². The second-order valence-electron chi connectivity index (χ2n) is 5.22. The van der Waals surface area contributed by atoms with Crippen LogP contribution in [0.2, 0.25) is 0 Å². The molecule has 0 atom stereocenters. The van der Waals surface area contributed by atoms with Gasteiger partial charge in [-0.15, -0.1) is 23.4 Å². The number of aromatic nitrogens is 3. The summed E-state index contributed by atoms with van der Waals surface area (Å²) in [5.41, 5.74) is -0.185. The third kappa shape index (κ3) is 4.80. The molecule has 3 rings (SSSR count). The molecule has 2 aromatic heterocycles. The molecule has 3 aromatic rings. The summed E-state index contributed by atoms with van der Waals surface area (Å²) in [4.78, 5) is 15.0. The van der Waals surface area contributed by atoms with E-state index in [9.17, 15) is 31.1 Å². The van der Waals surface area contributed by atoms with Gasteiger partial charge in [0.15, 0.2) is 11.5 Å². The Balaban J connectivity index is 2.07. The van der Waals surface area contributed by atoms with E-state index in [-0.39, 0.29) is 5.89 Å². The smallest absolute Gasteiger partial charge is 0.416 e. The molecule has 0 aliphatic rings. The van der Waals surface area contributed by atoms with Crippen LogP contribution in [0.3, 0.4) is 0 Å². The summed E-state index contributed by atoms with van der Waals surface area (Å²) in [6, 6.07) is 5.75. The van der Waals surface area contributed by atoms with Crippen LogP contribution in [0.4, 0.5) is 26.3 Å². The predicted octanol–water partition coefficient (Wildman–Crippen LogP) is 4.16. The predicted molar refractivity (Wildman–Crippen MR) is 81.3 cm³/mol. The van der Waals surface area contributed by atoms with Crippen LogP contribution in [0.1, 0.15) is 0 Å². The van der Waals surface area contributed by atoms with Crippen molar-refractivity contribution in [1.29, 1.82) is 0 Å². The fourth-order valence-corrected chi connectivity index (χ4v) is 2.08. The number of alkyl halides is 6. The Kier molecular flexibility index (Phi) is 5.14. The molecule has 0 aliphatic carbocycles. The molecule has 0 saturated carbocycles. The summed E-state index contributed by atoms with van der Waals surface area (Å²) in [7, 11) is 0. The first-order chi connectivity index (χ1) is 13.5. The molecule has 0 aliphatic heterocycles. The number of carbonyl (C=O) groups excluding carboxylic acids is 1. The fourth-order valence-electron chi connectivity index (χ4n) is 2.08. The maximum atomic E-state index is 12.6. The SMILES string of the molecule is O=C(Oc1c(OC(F)(F)F)cccc1-c1nnc(-c2cccnc2)o1)C(F)(F)F. The lowest BCUT2D eigenvalue weighted by atomic mass is 10.2. The molecule has 1 aromatic carbocycles. The quantitative estimate of drug-likeness (QED) is 0.356. The van der Waals surface area contributed by atoms with Crippen molar-refractivity contribution in [3.05, 3.63) is 42.7 Å². The number of benzene rings is 1. The van der Waals surface area contributed by atoms with Gasteiger partial charge in [-0.25, -0.2) is 4.79 Å². The highest BCUT2D eigenvalue weighted by Crippen LogP contribution is 2.41. The molecule has 0 amide bonds. The molecule has 0 N–H and O–H groups in total. The van der Waals surface area contributed by atoms with E-state index in [1.165, 1.54) is 24.5 Å². The lowest BCUT2D eigenvalue weighted by Crippen LogP contribution is -2.28. The van der Waals surface area contributed by atoms with Crippen molar-refractivity contribution in [2.75, 3.05) is 0 Å². The number of hydrogen-bond acceptors (Lipinski definition) is 7. The standard InChI is InChI=1S/C16H7F6N3O4/c17-15(18,19)14(26)27-11-9(4-1-5-10(11)29-16(20,21)22)13-25-24-12(28-13)8-3-2-6-23-7-8/h1-7H. The van der Waals surface area contributed by atoms with Crippen molar-refractivity contribution in [2.45, 2.75) is 12.5 Å². The molecule has 0 unspecified atom stereocenters. The number of para-hydroxylation sites is 1. The molecule has 13 heteroatoms. The summed E-state index contributed by atoms with van der Waals surface area (Å²) < 4.78 is 88.6. The first-order valence-corrected chi connectivity index (χ1v) is 7.46. The summed E-state index contributed by atoms with van der Waals surface area (Å²) in [6.45, 7) is 0. The van der Waals surface area contributed by atoms with Crippen molar-refractivity contribution in [3.8, 4) is 34.4 Å². The zero-order valence-corrected chi connectivity index (χ0v) is 13.8. The summed E-state index contributed by atoms with van der Waals surface area (Å²) >= 11 is 0. The van der Waals surface area contributed by atoms with Gasteiger partial charge in [0, 0.05) is 12.4 Å². The van der Waals surface area contributed by atoms with Gasteiger partial charge in [-0.05, 0) is 24.3 Å². The molecule has 0 saturated heterocycles. The topological polar surface area (TPSA) is 87.3 Å². The van der Waals surface area contributed by atoms with Gasteiger partial charge in [-0.1, -0.05) is 6.07 Å². The van der Waals surface area contributed by atoms with Crippen molar-refractivity contribution in [2.24, 2.45) is 0 Å². The van der Waals surface area contributed by atoms with Crippen LogP contribution in [0, 0.1) is 0 Å². The van der Waals surface area contributed by atoms with Crippen LogP contribution >= 0.6 is 0 Å². The van der Waals surface area contributed by atoms with Gasteiger partial charge >= 0.3 is 18.5 Å². The zero-order valence-electron chi connectivity index (χ0n) is 13.8. The highest BCUT2D eigenvalue weighted by atomic mass is 19.4. The highest BCUT2D eigenvalue weighted by molar-refractivity contribution is 5.82. The molecule has 7 nitrogen and oxygen atoms in total. The normalized spacial score (nSPS) is 11.9. The van der Waals surface area contributed by atoms with Crippen molar-refractivity contribution in [1.82, 2.24) is 15.2 Å². The van der Waals surface area contributed by atoms with Gasteiger partial charge in [-0.2, -0.15) is 13.2 Å². The first kappa shape index (κ1) is 20.1. The summed E-state index contributed by atoms with van der Waals surface area (Å²) in [6.07, 6.45) is -7.95. The number of rotatable bonds is 4. The minimum Gasteiger partial charge on any atom is -0.416 e. The van der Waals surface area contributed by atoms with Gasteiger partial charge in [0.1, 0.15) is 0 Å². The molecular weight excluding hydrogens is 412 g/mol. The van der Waals surface area contributed by atoms with Crippen LogP contribution in [-0.2, 0) is 4.79 Å². The van der Waals surface area contributed by atoms with Gasteiger partial charge in [0.05, 0.1) is 11.1 Å². The van der Waals surface area contributed by atoms with Gasteiger partial charge in [-0.3, -0.25) is 4.98 Å². The molecule has 2 heterocycles. The first-order valence-electron chi connectivity index (χ1n) is 7.46. The highest BCUT2D eigenvalue weighted by Gasteiger charge is 2.43. The minimum atomic E-state index is -5.47. The Bertz CT molecular complexity index is 1020. The number of halogens is 6. The van der Waals surface area contributed by atoms with Gasteiger partial charge < -0.3 is 13.9 Å². The Labute approximate surface area is 156 Å². The van der Waals surface area contributed by atoms with E-state index < -0.39 is 41.5 Å². The van der Waals surface area contributed by atoms with Crippen LogP contribution in [0.15, 0.2) is 47.1 Å². The van der Waals surface area contributed by atoms with Crippen LogP contribution < -0.4 is 9.47 Å². The average molecular weight is 419 g/mol. The second kappa shape index (κ2) is 7.41. The number of nitrogens with zero attached hydrogens (tertiary/aromatic N) is 3. The Morgan fingerprint density at radius 1 is 0.966 bits per heavy atom. The second-order valence-corrected chi connectivity index (χ2v) is 5.22. The van der Waals surface area contributed by atoms with Gasteiger partial charge in [0.2, 0.25) is 5.89 Å². The zero-order chi connectivity index (χ0) is 21.2. The Morgan fingerprint density at radius 2 is 1.69 bits per heavy atom. The van der Waals surface area contributed by atoms with E-state index in [4.69, 9.17) is 4.42 Å². The number of hydrogen-bond donors (Lipinski definition) is 0. The third-order valence-corrected chi connectivity index (χ3v) is 3.19. The molecule has 0 radical (unpaired) electrons. The maximum absolute atomic E-state index is 12.6. The Hall–Kier alpha value is -3.64. The van der Waals surface area contributed by atoms with Crippen molar-refractivity contribution < 1.29 is 45.0 Å². The van der Waals surface area contributed by atoms with Crippen LogP contribution in [0.5, 0.6) is 11.5 Å². The minimum absolute atomic E-state index is 0.122. The van der Waals surface area contributed by atoms with E-state index in [1.54, 1.807) is 0 Å². The number of ether oxygens (including phenoxy) is 2. The lowest BCUT2D eigenvalue weighted by Gasteiger charge is -2.15. The van der Waals surface area contributed by atoms with E-state index >= 15 is 0 Å². The summed E-state index contributed by atoms with van der Waals surface area (Å²) in [5, 5.41) is 7.23. The van der Waals surface area contributed by atoms with E-state index in [2.05, 4.69) is 24.7 Å². The average Bonchev–Trinajstić information content (AvgIpc) is 3.11. The lowest BCUT2D eigenvalue weighted by molar-refractivity contribution is -0.275. The number of esters is 1. The molecule has 0 fully saturated rings. The van der Waals surface area contributed by atoms with Crippen LogP contribution in [-0.4, -0.2) is 33.7 Å². The van der Waals surface area contributed by atoms with E-state index in [1.807, 2.05) is 0 Å². The summed E-state index contributed by atoms with van der Waals surface area (Å²) in [5.74, 6) is -5.78. The number of pyridine rings is 1. The molecular formula is C16H7F6N3O4. The third-order valence-electron chi connectivity index (χ3n) is 3.19. The van der Waals surface area contributed by atoms with E-state index in [0.29, 0.717) is 11.6 Å². The molecule has 0 bridgehead atoms. The monoisotopic (exact) mass is 419 g/mol. The van der Waals surface area contributed by atoms with Crippen LogP contribution in [0.25, 0.3) is 22.9 Å². The van der Waals surface area contributed by atoms with Crippen molar-refractivity contribution >= 4 is 5.97 Å². The Morgan fingerprint density at radius 3 is 2.31 bits per heavy atom. The maximum Gasteiger partial charge on any atom is 0.573 e. The molecule has 152 valence electrons.